The Morgan fingerprint density at radius 2 is 1.71 bits per heavy atom. The lowest BCUT2D eigenvalue weighted by Crippen LogP contribution is -2.13. The number of hydrogen-bond donors (Lipinski definition) is 1. The van der Waals surface area contributed by atoms with Crippen LogP contribution in [0.15, 0.2) is 75.9 Å². The lowest BCUT2D eigenvalue weighted by Gasteiger charge is -2.12. The van der Waals surface area contributed by atoms with Crippen LogP contribution in [0.1, 0.15) is 24.0 Å². The highest BCUT2D eigenvalue weighted by Gasteiger charge is 2.10. The molecule has 6 heteroatoms. The number of rotatable bonds is 8. The fraction of sp³-hybridized carbons (Fsp3) is 0.214. The van der Waals surface area contributed by atoms with E-state index < -0.39 is 0 Å². The third kappa shape index (κ3) is 5.29. The number of benzene rings is 3. The number of methoxy groups -OCH3 is 1. The summed E-state index contributed by atoms with van der Waals surface area (Å²) in [4.78, 5) is 24.8. The summed E-state index contributed by atoms with van der Waals surface area (Å²) >= 11 is 0. The van der Waals surface area contributed by atoms with Crippen molar-refractivity contribution in [3.63, 3.8) is 0 Å². The number of ether oxygens (including phenoxy) is 2. The van der Waals surface area contributed by atoms with Gasteiger partial charge >= 0.3 is 0 Å². The van der Waals surface area contributed by atoms with Crippen LogP contribution in [0.3, 0.4) is 0 Å². The molecule has 0 radical (unpaired) electrons. The van der Waals surface area contributed by atoms with Gasteiger partial charge in [-0.1, -0.05) is 18.2 Å². The summed E-state index contributed by atoms with van der Waals surface area (Å²) in [5.41, 5.74) is 3.95. The van der Waals surface area contributed by atoms with Crippen molar-refractivity contribution in [2.75, 3.05) is 19.0 Å². The molecule has 3 aromatic carbocycles. The molecular weight excluding hydrogens is 430 g/mol. The van der Waals surface area contributed by atoms with Crippen molar-refractivity contribution in [3.05, 3.63) is 88.1 Å². The Bertz CT molecular complexity index is 1350. The Kier molecular flexibility index (Phi) is 6.97. The van der Waals surface area contributed by atoms with Crippen LogP contribution >= 0.6 is 0 Å². The minimum Gasteiger partial charge on any atom is -0.497 e. The van der Waals surface area contributed by atoms with Crippen molar-refractivity contribution >= 4 is 22.6 Å². The van der Waals surface area contributed by atoms with Crippen LogP contribution in [0, 0.1) is 13.8 Å². The molecule has 1 N–H and O–H groups in total. The molecular formula is C28H27NO5. The average molecular weight is 458 g/mol. The summed E-state index contributed by atoms with van der Waals surface area (Å²) in [6, 6.07) is 19.8. The third-order valence-corrected chi connectivity index (χ3v) is 5.59. The van der Waals surface area contributed by atoms with E-state index in [9.17, 15) is 9.59 Å². The quantitative estimate of drug-likeness (QED) is 0.334. The number of hydrogen-bond acceptors (Lipinski definition) is 5. The van der Waals surface area contributed by atoms with Crippen LogP contribution < -0.4 is 20.2 Å². The summed E-state index contributed by atoms with van der Waals surface area (Å²) in [6.07, 6.45) is 0.973. The van der Waals surface area contributed by atoms with Gasteiger partial charge in [0.25, 0.3) is 0 Å². The summed E-state index contributed by atoms with van der Waals surface area (Å²) in [6.45, 7) is 4.50. The number of aryl methyl sites for hydroxylation is 2. The van der Waals surface area contributed by atoms with E-state index in [4.69, 9.17) is 13.9 Å². The van der Waals surface area contributed by atoms with Crippen LogP contribution in [-0.2, 0) is 4.79 Å². The van der Waals surface area contributed by atoms with Crippen molar-refractivity contribution in [3.8, 4) is 22.8 Å². The maximum absolute atomic E-state index is 12.5. The van der Waals surface area contributed by atoms with Gasteiger partial charge in [-0.05, 0) is 73.9 Å². The summed E-state index contributed by atoms with van der Waals surface area (Å²) in [7, 11) is 1.55. The fourth-order valence-electron chi connectivity index (χ4n) is 3.78. The number of fused-ring (bicyclic) bond motifs is 1. The molecule has 4 aromatic rings. The van der Waals surface area contributed by atoms with Crippen molar-refractivity contribution in [1.82, 2.24) is 0 Å². The van der Waals surface area contributed by atoms with E-state index in [0.29, 0.717) is 47.6 Å². The number of nitrogens with one attached hydrogen (secondary N) is 1. The van der Waals surface area contributed by atoms with Gasteiger partial charge in [-0.2, -0.15) is 0 Å². The molecule has 0 aliphatic heterocycles. The zero-order chi connectivity index (χ0) is 24.1. The topological polar surface area (TPSA) is 77.8 Å². The largest absolute Gasteiger partial charge is 0.497 e. The standard InChI is InChI=1S/C28H27NO5/c1-18-6-4-7-19(2)28(18)33-15-5-8-27(31)29-21-11-9-20(10-12-21)26-17-24(30)23-16-22(32-3)13-14-25(23)34-26/h4,6-7,9-14,16-17H,5,8,15H2,1-3H3,(H,29,31). The maximum atomic E-state index is 12.5. The Morgan fingerprint density at radius 3 is 2.41 bits per heavy atom. The van der Waals surface area contributed by atoms with Gasteiger partial charge in [-0.25, -0.2) is 0 Å². The molecule has 0 spiro atoms. The number of carbonyl (C=O) groups excluding carboxylic acids is 1. The first-order valence-electron chi connectivity index (χ1n) is 11.2. The molecule has 0 saturated carbocycles. The second-order valence-corrected chi connectivity index (χ2v) is 8.14. The smallest absolute Gasteiger partial charge is 0.224 e. The van der Waals surface area contributed by atoms with Crippen molar-refractivity contribution < 1.29 is 18.7 Å². The molecule has 0 fully saturated rings. The van der Waals surface area contributed by atoms with E-state index in [-0.39, 0.29) is 11.3 Å². The molecule has 1 amide bonds. The molecule has 174 valence electrons. The summed E-state index contributed by atoms with van der Waals surface area (Å²) < 4.78 is 16.9. The molecule has 1 aromatic heterocycles. The molecule has 0 aliphatic rings. The summed E-state index contributed by atoms with van der Waals surface area (Å²) in [5, 5.41) is 3.36. The zero-order valence-electron chi connectivity index (χ0n) is 19.5. The first-order chi connectivity index (χ1) is 16.4. The lowest BCUT2D eigenvalue weighted by molar-refractivity contribution is -0.116. The molecule has 0 bridgehead atoms. The van der Waals surface area contributed by atoms with Gasteiger partial charge in [0.1, 0.15) is 22.8 Å². The molecule has 34 heavy (non-hydrogen) atoms. The summed E-state index contributed by atoms with van der Waals surface area (Å²) in [5.74, 6) is 1.87. The predicted molar refractivity (Wildman–Crippen MR) is 134 cm³/mol. The number of para-hydroxylation sites is 1. The highest BCUT2D eigenvalue weighted by Crippen LogP contribution is 2.26. The van der Waals surface area contributed by atoms with E-state index in [2.05, 4.69) is 5.32 Å². The van der Waals surface area contributed by atoms with Crippen LogP contribution in [0.4, 0.5) is 5.69 Å². The molecule has 0 aliphatic carbocycles. The monoisotopic (exact) mass is 457 g/mol. The van der Waals surface area contributed by atoms with Crippen molar-refractivity contribution in [2.45, 2.75) is 26.7 Å². The van der Waals surface area contributed by atoms with Gasteiger partial charge < -0.3 is 19.2 Å². The van der Waals surface area contributed by atoms with E-state index in [1.54, 1.807) is 37.4 Å². The van der Waals surface area contributed by atoms with Gasteiger partial charge in [0, 0.05) is 23.7 Å². The lowest BCUT2D eigenvalue weighted by atomic mass is 10.1. The highest BCUT2D eigenvalue weighted by atomic mass is 16.5. The molecule has 0 saturated heterocycles. The molecule has 6 nitrogen and oxygen atoms in total. The van der Waals surface area contributed by atoms with Gasteiger partial charge in [0.05, 0.1) is 19.1 Å². The van der Waals surface area contributed by atoms with Gasteiger partial charge in [0.2, 0.25) is 5.91 Å². The molecule has 0 atom stereocenters. The van der Waals surface area contributed by atoms with Crippen LogP contribution in [-0.4, -0.2) is 19.6 Å². The second-order valence-electron chi connectivity index (χ2n) is 8.14. The Hall–Kier alpha value is -4.06. The zero-order valence-corrected chi connectivity index (χ0v) is 19.5. The van der Waals surface area contributed by atoms with E-state index in [0.717, 1.165) is 22.4 Å². The maximum Gasteiger partial charge on any atom is 0.224 e. The molecule has 1 heterocycles. The van der Waals surface area contributed by atoms with E-state index >= 15 is 0 Å². The second kappa shape index (κ2) is 10.3. The number of amides is 1. The Labute approximate surface area is 198 Å². The molecule has 4 rings (SSSR count). The van der Waals surface area contributed by atoms with Gasteiger partial charge in [0.15, 0.2) is 5.43 Å². The minimum absolute atomic E-state index is 0.0796. The Balaban J connectivity index is 1.34. The van der Waals surface area contributed by atoms with Crippen molar-refractivity contribution in [1.29, 1.82) is 0 Å². The minimum atomic E-state index is -0.143. The highest BCUT2D eigenvalue weighted by molar-refractivity contribution is 5.91. The van der Waals surface area contributed by atoms with Crippen molar-refractivity contribution in [2.24, 2.45) is 0 Å². The fourth-order valence-corrected chi connectivity index (χ4v) is 3.78. The SMILES string of the molecule is COc1ccc2oc(-c3ccc(NC(=O)CCCOc4c(C)cccc4C)cc3)cc(=O)c2c1. The van der Waals surface area contributed by atoms with E-state index in [1.807, 2.05) is 44.2 Å². The number of anilines is 1. The average Bonchev–Trinajstić information content (AvgIpc) is 2.83. The van der Waals surface area contributed by atoms with Crippen LogP contribution in [0.2, 0.25) is 0 Å². The van der Waals surface area contributed by atoms with E-state index in [1.165, 1.54) is 6.07 Å². The van der Waals surface area contributed by atoms with Gasteiger partial charge in [-0.15, -0.1) is 0 Å². The Morgan fingerprint density at radius 1 is 0.971 bits per heavy atom. The van der Waals surface area contributed by atoms with Crippen LogP contribution in [0.25, 0.3) is 22.3 Å². The van der Waals surface area contributed by atoms with Crippen LogP contribution in [0.5, 0.6) is 11.5 Å². The third-order valence-electron chi connectivity index (χ3n) is 5.59. The molecule has 0 unspecified atom stereocenters. The van der Waals surface area contributed by atoms with Gasteiger partial charge in [-0.3, -0.25) is 9.59 Å². The number of carbonyl (C=O) groups is 1. The predicted octanol–water partition coefficient (Wildman–Crippen LogP) is 5.88. The normalized spacial score (nSPS) is 10.8. The first kappa shape index (κ1) is 23.1. The first-order valence-corrected chi connectivity index (χ1v) is 11.2.